The minimum Gasteiger partial charge on any atom is -0.342 e. The molecule has 1 fully saturated rings. The summed E-state index contributed by atoms with van der Waals surface area (Å²) >= 11 is 6.70. The number of nitrogens with zero attached hydrogens (tertiary/aromatic N) is 5. The van der Waals surface area contributed by atoms with Gasteiger partial charge in [-0.15, -0.1) is 0 Å². The Labute approximate surface area is 223 Å². The number of amides is 2. The van der Waals surface area contributed by atoms with Gasteiger partial charge in [0.15, 0.2) is 0 Å². The van der Waals surface area contributed by atoms with Gasteiger partial charge in [0.1, 0.15) is 5.82 Å². The summed E-state index contributed by atoms with van der Waals surface area (Å²) in [5.41, 5.74) is 2.94. The Balaban J connectivity index is 1.66. The fraction of sp³-hybridized carbons (Fsp3) is 0.429. The number of carbonyl (C=O) groups is 2. The predicted molar refractivity (Wildman–Crippen MR) is 147 cm³/mol. The van der Waals surface area contributed by atoms with E-state index in [0.29, 0.717) is 30.2 Å². The van der Waals surface area contributed by atoms with Gasteiger partial charge in [0.2, 0.25) is 5.91 Å². The number of likely N-dealkylation sites (N-methyl/N-ethyl adjacent to an activating group) is 1. The van der Waals surface area contributed by atoms with Crippen LogP contribution in [0.25, 0.3) is 11.0 Å². The van der Waals surface area contributed by atoms with Crippen LogP contribution in [-0.2, 0) is 4.79 Å². The number of pyridine rings is 1. The summed E-state index contributed by atoms with van der Waals surface area (Å²) in [6, 6.07) is 8.75. The van der Waals surface area contributed by atoms with Crippen molar-refractivity contribution in [2.75, 3.05) is 33.7 Å². The van der Waals surface area contributed by atoms with Crippen LogP contribution < -0.4 is 5.32 Å². The second-order valence-electron chi connectivity index (χ2n) is 9.93. The molecule has 1 N–H and O–H groups in total. The van der Waals surface area contributed by atoms with E-state index < -0.39 is 0 Å². The van der Waals surface area contributed by atoms with Crippen LogP contribution in [0.2, 0.25) is 5.02 Å². The van der Waals surface area contributed by atoms with Gasteiger partial charge in [0.05, 0.1) is 28.1 Å². The van der Waals surface area contributed by atoms with Crippen molar-refractivity contribution in [1.82, 2.24) is 29.7 Å². The van der Waals surface area contributed by atoms with Crippen LogP contribution in [0.15, 0.2) is 48.7 Å². The topological polar surface area (TPSA) is 83.4 Å². The van der Waals surface area contributed by atoms with E-state index in [2.05, 4.69) is 14.9 Å². The SMILES string of the molecule is Cc1cc(C(=O)NC(C)c2nc3cccc(Cl)c3n2C2CCCCN(C(=O)/C=C/CN(C)C)C2)ccn1. The minimum atomic E-state index is -0.378. The van der Waals surface area contributed by atoms with E-state index in [0.717, 1.165) is 41.8 Å². The fourth-order valence-corrected chi connectivity index (χ4v) is 5.09. The summed E-state index contributed by atoms with van der Waals surface area (Å²) < 4.78 is 2.15. The standard InChI is InChI=1S/C28H35ClN6O2/c1-19-17-21(13-14-30-19)28(37)31-20(2)27-32-24-11-7-10-23(29)26(24)35(27)22-9-5-6-16-34(18-22)25(36)12-8-15-33(3)4/h7-8,10-14,17,20,22H,5-6,9,15-16,18H2,1-4H3,(H,31,37)/b12-8+. The molecule has 1 aromatic carbocycles. The zero-order valence-electron chi connectivity index (χ0n) is 21.9. The van der Waals surface area contributed by atoms with Gasteiger partial charge < -0.3 is 19.7 Å². The van der Waals surface area contributed by atoms with Gasteiger partial charge in [-0.1, -0.05) is 23.7 Å². The number of nitrogens with one attached hydrogen (secondary N) is 1. The fourth-order valence-electron chi connectivity index (χ4n) is 4.83. The van der Waals surface area contributed by atoms with Crippen LogP contribution in [0.1, 0.15) is 60.1 Å². The Morgan fingerprint density at radius 3 is 2.84 bits per heavy atom. The molecule has 2 aromatic heterocycles. The number of benzene rings is 1. The molecule has 2 unspecified atom stereocenters. The maximum absolute atomic E-state index is 13.0. The molecule has 3 aromatic rings. The third-order valence-corrected chi connectivity index (χ3v) is 6.94. The number of hydrogen-bond donors (Lipinski definition) is 1. The van der Waals surface area contributed by atoms with E-state index in [1.54, 1.807) is 24.4 Å². The number of rotatable bonds is 7. The molecule has 0 saturated carbocycles. The number of imidazole rings is 1. The minimum absolute atomic E-state index is 0.0141. The highest BCUT2D eigenvalue weighted by molar-refractivity contribution is 6.35. The number of aromatic nitrogens is 3. The molecule has 0 radical (unpaired) electrons. The monoisotopic (exact) mass is 522 g/mol. The van der Waals surface area contributed by atoms with Gasteiger partial charge in [-0.25, -0.2) is 4.98 Å². The number of para-hydroxylation sites is 1. The molecular formula is C28H35ClN6O2. The summed E-state index contributed by atoms with van der Waals surface area (Å²) in [5, 5.41) is 3.70. The lowest BCUT2D eigenvalue weighted by Gasteiger charge is -2.27. The number of hydrogen-bond acceptors (Lipinski definition) is 5. The molecule has 1 aliphatic heterocycles. The third kappa shape index (κ3) is 6.37. The molecule has 0 aliphatic carbocycles. The first kappa shape index (κ1) is 26.8. The number of likely N-dealkylation sites (tertiary alicyclic amines) is 1. The Hall–Kier alpha value is -3.23. The molecule has 196 valence electrons. The van der Waals surface area contributed by atoms with Crippen LogP contribution >= 0.6 is 11.6 Å². The Morgan fingerprint density at radius 2 is 2.08 bits per heavy atom. The largest absolute Gasteiger partial charge is 0.342 e. The van der Waals surface area contributed by atoms with Crippen LogP contribution in [0.3, 0.4) is 0 Å². The van der Waals surface area contributed by atoms with E-state index in [1.807, 2.05) is 62.0 Å². The molecule has 3 heterocycles. The first-order valence-electron chi connectivity index (χ1n) is 12.7. The van der Waals surface area contributed by atoms with Gasteiger partial charge >= 0.3 is 0 Å². The maximum Gasteiger partial charge on any atom is 0.251 e. The van der Waals surface area contributed by atoms with E-state index in [1.165, 1.54) is 0 Å². The van der Waals surface area contributed by atoms with E-state index in [9.17, 15) is 9.59 Å². The molecular weight excluding hydrogens is 488 g/mol. The molecule has 4 rings (SSSR count). The van der Waals surface area contributed by atoms with E-state index in [-0.39, 0.29) is 23.9 Å². The Morgan fingerprint density at radius 1 is 1.27 bits per heavy atom. The highest BCUT2D eigenvalue weighted by atomic mass is 35.5. The van der Waals surface area contributed by atoms with Crippen molar-refractivity contribution in [3.05, 3.63) is 70.8 Å². The number of aryl methyl sites for hydroxylation is 1. The normalized spacial score (nSPS) is 17.4. The zero-order chi connectivity index (χ0) is 26.5. The second-order valence-corrected chi connectivity index (χ2v) is 10.3. The van der Waals surface area contributed by atoms with Crippen LogP contribution in [0.5, 0.6) is 0 Å². The molecule has 1 saturated heterocycles. The van der Waals surface area contributed by atoms with Crippen molar-refractivity contribution >= 4 is 34.4 Å². The zero-order valence-corrected chi connectivity index (χ0v) is 22.7. The highest BCUT2D eigenvalue weighted by Crippen LogP contribution is 2.34. The molecule has 0 spiro atoms. The number of fused-ring (bicyclic) bond motifs is 1. The van der Waals surface area contributed by atoms with E-state index in [4.69, 9.17) is 16.6 Å². The first-order valence-corrected chi connectivity index (χ1v) is 13.1. The molecule has 37 heavy (non-hydrogen) atoms. The summed E-state index contributed by atoms with van der Waals surface area (Å²) in [6.45, 7) is 5.77. The van der Waals surface area contributed by atoms with Gasteiger partial charge in [-0.05, 0) is 71.5 Å². The van der Waals surface area contributed by atoms with Crippen molar-refractivity contribution in [2.24, 2.45) is 0 Å². The lowest BCUT2D eigenvalue weighted by Crippen LogP contribution is -2.36. The number of carbonyl (C=O) groups excluding carboxylic acids is 2. The average Bonchev–Trinajstić information content (AvgIpc) is 3.08. The third-order valence-electron chi connectivity index (χ3n) is 6.64. The quantitative estimate of drug-likeness (QED) is 0.460. The molecule has 2 atom stereocenters. The van der Waals surface area contributed by atoms with E-state index >= 15 is 0 Å². The Kier molecular flexibility index (Phi) is 8.61. The maximum atomic E-state index is 13.0. The summed E-state index contributed by atoms with van der Waals surface area (Å²) in [5.74, 6) is 0.552. The molecule has 2 amide bonds. The van der Waals surface area contributed by atoms with Gasteiger partial charge in [0.25, 0.3) is 5.91 Å². The first-order chi connectivity index (χ1) is 17.7. The van der Waals surface area contributed by atoms with Gasteiger partial charge in [-0.2, -0.15) is 0 Å². The Bertz CT molecular complexity index is 1300. The van der Waals surface area contributed by atoms with Crippen molar-refractivity contribution in [3.8, 4) is 0 Å². The van der Waals surface area contributed by atoms with Gasteiger partial charge in [-0.3, -0.25) is 14.6 Å². The van der Waals surface area contributed by atoms with Crippen LogP contribution in [-0.4, -0.2) is 69.9 Å². The van der Waals surface area contributed by atoms with Crippen LogP contribution in [0.4, 0.5) is 0 Å². The van der Waals surface area contributed by atoms with Crippen molar-refractivity contribution in [3.63, 3.8) is 0 Å². The smallest absolute Gasteiger partial charge is 0.251 e. The summed E-state index contributed by atoms with van der Waals surface area (Å²) in [6.07, 6.45) is 8.01. The predicted octanol–water partition coefficient (Wildman–Crippen LogP) is 4.56. The van der Waals surface area contributed by atoms with Gasteiger partial charge in [0, 0.05) is 43.2 Å². The molecule has 8 nitrogen and oxygen atoms in total. The van der Waals surface area contributed by atoms with Crippen LogP contribution in [0, 0.1) is 6.92 Å². The van der Waals surface area contributed by atoms with Crippen molar-refractivity contribution < 1.29 is 9.59 Å². The van der Waals surface area contributed by atoms with Crippen molar-refractivity contribution in [1.29, 1.82) is 0 Å². The lowest BCUT2D eigenvalue weighted by atomic mass is 10.1. The lowest BCUT2D eigenvalue weighted by molar-refractivity contribution is -0.126. The molecule has 1 aliphatic rings. The molecule has 9 heteroatoms. The molecule has 0 bridgehead atoms. The summed E-state index contributed by atoms with van der Waals surface area (Å²) in [4.78, 5) is 39.1. The number of halogens is 1. The highest BCUT2D eigenvalue weighted by Gasteiger charge is 2.29. The van der Waals surface area contributed by atoms with Crippen molar-refractivity contribution in [2.45, 2.75) is 45.2 Å². The second kappa shape index (κ2) is 11.9. The average molecular weight is 523 g/mol. The summed E-state index contributed by atoms with van der Waals surface area (Å²) in [7, 11) is 3.95.